The number of nitrogens with zero attached hydrogens (tertiary/aromatic N) is 1. The van der Waals surface area contributed by atoms with Crippen molar-refractivity contribution >= 4 is 34.4 Å². The number of likely N-dealkylation sites (tertiary alicyclic amines) is 1. The zero-order chi connectivity index (χ0) is 25.1. The summed E-state index contributed by atoms with van der Waals surface area (Å²) in [7, 11) is 1.58. The minimum atomic E-state index is -0.888. The molecule has 2 atom stereocenters. The van der Waals surface area contributed by atoms with Gasteiger partial charge in [-0.1, -0.05) is 12.1 Å². The number of quaternary nitrogens is 1. The van der Waals surface area contributed by atoms with Gasteiger partial charge in [0, 0.05) is 4.88 Å². The third-order valence-corrected chi connectivity index (χ3v) is 7.53. The van der Waals surface area contributed by atoms with Gasteiger partial charge in [0.2, 0.25) is 0 Å². The van der Waals surface area contributed by atoms with Crippen LogP contribution >= 0.6 is 11.3 Å². The van der Waals surface area contributed by atoms with E-state index in [1.165, 1.54) is 11.3 Å². The number of urea groups is 1. The molecule has 34 heavy (non-hydrogen) atoms. The van der Waals surface area contributed by atoms with Gasteiger partial charge in [0.25, 0.3) is 5.91 Å². The molecule has 0 spiro atoms. The van der Waals surface area contributed by atoms with E-state index in [9.17, 15) is 19.5 Å². The molecule has 9 nitrogen and oxygen atoms in total. The molecular formula is C24H33N4O5S+. The Morgan fingerprint density at radius 2 is 1.94 bits per heavy atom. The summed E-state index contributed by atoms with van der Waals surface area (Å²) in [5.74, 6) is 0.295. The van der Waals surface area contributed by atoms with Gasteiger partial charge in [0.1, 0.15) is 22.8 Å². The van der Waals surface area contributed by atoms with Gasteiger partial charge in [0.15, 0.2) is 0 Å². The molecule has 2 aromatic rings. The van der Waals surface area contributed by atoms with Crippen molar-refractivity contribution in [3.8, 4) is 16.2 Å². The fourth-order valence-corrected chi connectivity index (χ4v) is 5.52. The molecule has 1 fully saturated rings. The second kappa shape index (κ2) is 10.0. The smallest absolute Gasteiger partial charge is 0.497 e. The number of hydrogen-bond acceptors (Lipinski definition) is 5. The van der Waals surface area contributed by atoms with E-state index in [0.29, 0.717) is 23.7 Å². The molecule has 5 N–H and O–H groups in total. The molecule has 10 heteroatoms. The number of ether oxygens (including phenoxy) is 1. The van der Waals surface area contributed by atoms with Gasteiger partial charge in [-0.05, 0) is 63.8 Å². The first-order valence-corrected chi connectivity index (χ1v) is 12.0. The molecule has 4 amide bonds. The van der Waals surface area contributed by atoms with Crippen molar-refractivity contribution < 1.29 is 28.7 Å². The number of thiophene rings is 1. The molecule has 1 aliphatic rings. The lowest BCUT2D eigenvalue weighted by atomic mass is 10.0. The molecule has 0 saturated carbocycles. The van der Waals surface area contributed by atoms with Crippen molar-refractivity contribution in [2.75, 3.05) is 25.5 Å². The number of anilines is 1. The van der Waals surface area contributed by atoms with E-state index < -0.39 is 17.7 Å². The van der Waals surface area contributed by atoms with E-state index in [2.05, 4.69) is 10.6 Å². The molecule has 1 aromatic carbocycles. The van der Waals surface area contributed by atoms with E-state index in [1.807, 2.05) is 45.0 Å². The fraction of sp³-hybridized carbons (Fsp3) is 0.458. The number of nitrogens with one attached hydrogen (secondary N) is 2. The van der Waals surface area contributed by atoms with Crippen LogP contribution in [0.1, 0.15) is 50.4 Å². The van der Waals surface area contributed by atoms with Crippen molar-refractivity contribution in [1.82, 2.24) is 5.32 Å². The van der Waals surface area contributed by atoms with Crippen molar-refractivity contribution in [2.45, 2.75) is 51.6 Å². The van der Waals surface area contributed by atoms with Gasteiger partial charge in [0.05, 0.1) is 25.3 Å². The highest BCUT2D eigenvalue weighted by atomic mass is 32.1. The zero-order valence-electron chi connectivity index (χ0n) is 20.0. The minimum absolute atomic E-state index is 0.122. The van der Waals surface area contributed by atoms with Crippen LogP contribution < -0.4 is 21.1 Å². The van der Waals surface area contributed by atoms with Crippen LogP contribution in [0.15, 0.2) is 30.3 Å². The molecule has 0 bridgehead atoms. The Labute approximate surface area is 203 Å². The fourth-order valence-electron chi connectivity index (χ4n) is 4.47. The lowest BCUT2D eigenvalue weighted by Crippen LogP contribution is -2.66. The van der Waals surface area contributed by atoms with Crippen LogP contribution in [0.4, 0.5) is 14.6 Å². The Morgan fingerprint density at radius 1 is 1.21 bits per heavy atom. The average Bonchev–Trinajstić information content (AvgIpc) is 3.04. The standard InChI is InChI=1S/C24H32N4O5S/c1-24(2,3)28(23(31)32)11-6-5-9-16(14-28)26-20(29)18-13-19(34-21(18)27-22(25)30)15-8-7-10-17(12-15)33-4/h7-8,10,12-13,16H,5-6,9,11,14H2,1-4H3,(H4-,25,26,27,29,30,31,32)/p+1/t16-,28?/m0/s1. The lowest BCUT2D eigenvalue weighted by molar-refractivity contribution is -0.903. The second-order valence-electron chi connectivity index (χ2n) is 9.57. The quantitative estimate of drug-likeness (QED) is 0.460. The average molecular weight is 490 g/mol. The van der Waals surface area contributed by atoms with Crippen LogP contribution in [0.3, 0.4) is 0 Å². The number of methoxy groups -OCH3 is 1. The largest absolute Gasteiger partial charge is 0.514 e. The molecule has 184 valence electrons. The maximum atomic E-state index is 13.4. The van der Waals surface area contributed by atoms with Gasteiger partial charge >= 0.3 is 12.1 Å². The van der Waals surface area contributed by atoms with Crippen LogP contribution in [-0.2, 0) is 0 Å². The Balaban J connectivity index is 1.91. The van der Waals surface area contributed by atoms with Crippen molar-refractivity contribution in [1.29, 1.82) is 0 Å². The summed E-state index contributed by atoms with van der Waals surface area (Å²) < 4.78 is 5.17. The van der Waals surface area contributed by atoms with Gasteiger partial charge < -0.3 is 20.9 Å². The number of carbonyl (C=O) groups excluding carboxylic acids is 2. The van der Waals surface area contributed by atoms with Crippen LogP contribution in [0.25, 0.3) is 10.4 Å². The van der Waals surface area contributed by atoms with Crippen LogP contribution in [0.5, 0.6) is 5.75 Å². The summed E-state index contributed by atoms with van der Waals surface area (Å²) in [6, 6.07) is 8.01. The molecule has 2 heterocycles. The number of nitrogens with two attached hydrogens (primary N) is 1. The molecule has 1 unspecified atom stereocenters. The SMILES string of the molecule is COc1cccc(-c2cc(C(=O)N[C@H]3CCCC[N+](C(=O)O)(C(C)(C)C)C3)c(NC(N)=O)s2)c1. The molecule has 1 aliphatic heterocycles. The van der Waals surface area contributed by atoms with E-state index in [0.717, 1.165) is 23.3 Å². The van der Waals surface area contributed by atoms with Gasteiger partial charge in [-0.15, -0.1) is 11.3 Å². The third kappa shape index (κ3) is 5.34. The predicted octanol–water partition coefficient (Wildman–Crippen LogP) is 4.49. The van der Waals surface area contributed by atoms with Crippen molar-refractivity contribution in [3.05, 3.63) is 35.9 Å². The van der Waals surface area contributed by atoms with Gasteiger partial charge in [-0.2, -0.15) is 4.79 Å². The van der Waals surface area contributed by atoms with Crippen molar-refractivity contribution in [3.63, 3.8) is 0 Å². The first kappa shape index (κ1) is 25.5. The topological polar surface area (TPSA) is 131 Å². The summed E-state index contributed by atoms with van der Waals surface area (Å²) in [4.78, 5) is 38.1. The monoisotopic (exact) mass is 489 g/mol. The second-order valence-corrected chi connectivity index (χ2v) is 10.6. The number of hydrogen-bond donors (Lipinski definition) is 4. The number of amides is 4. The van der Waals surface area contributed by atoms with E-state index in [-0.39, 0.29) is 28.5 Å². The number of carbonyl (C=O) groups is 3. The highest BCUT2D eigenvalue weighted by molar-refractivity contribution is 7.20. The Hall–Kier alpha value is -3.11. The Kier molecular flexibility index (Phi) is 7.52. The van der Waals surface area contributed by atoms with Crippen molar-refractivity contribution in [2.24, 2.45) is 5.73 Å². The molecule has 1 saturated heterocycles. The lowest BCUT2D eigenvalue weighted by Gasteiger charge is -2.44. The van der Waals surface area contributed by atoms with Crippen LogP contribution in [-0.4, -0.2) is 59.4 Å². The predicted molar refractivity (Wildman–Crippen MR) is 132 cm³/mol. The first-order chi connectivity index (χ1) is 16.0. The number of primary amides is 1. The number of benzene rings is 1. The summed E-state index contributed by atoms with van der Waals surface area (Å²) >= 11 is 1.24. The first-order valence-electron chi connectivity index (χ1n) is 11.2. The van der Waals surface area contributed by atoms with E-state index >= 15 is 0 Å². The molecule has 0 aliphatic carbocycles. The maximum absolute atomic E-state index is 13.4. The Morgan fingerprint density at radius 3 is 2.56 bits per heavy atom. The molecule has 3 rings (SSSR count). The molecule has 0 radical (unpaired) electrons. The summed E-state index contributed by atoms with van der Waals surface area (Å²) in [6.07, 6.45) is 1.38. The summed E-state index contributed by atoms with van der Waals surface area (Å²) in [5.41, 5.74) is 5.94. The minimum Gasteiger partial charge on any atom is -0.497 e. The summed E-state index contributed by atoms with van der Waals surface area (Å²) in [6.45, 7) is 6.55. The molecular weight excluding hydrogens is 456 g/mol. The van der Waals surface area contributed by atoms with E-state index in [1.54, 1.807) is 13.2 Å². The van der Waals surface area contributed by atoms with Crippen LogP contribution in [0.2, 0.25) is 0 Å². The normalized spacial score (nSPS) is 20.8. The highest BCUT2D eigenvalue weighted by Gasteiger charge is 2.50. The Bertz CT molecular complexity index is 1080. The molecule has 1 aromatic heterocycles. The van der Waals surface area contributed by atoms with Gasteiger partial charge in [-0.3, -0.25) is 10.1 Å². The van der Waals surface area contributed by atoms with Gasteiger partial charge in [-0.25, -0.2) is 9.28 Å². The number of carboxylic acid groups (broad SMARTS) is 1. The maximum Gasteiger partial charge on any atom is 0.514 e. The highest BCUT2D eigenvalue weighted by Crippen LogP contribution is 2.37. The summed E-state index contributed by atoms with van der Waals surface area (Å²) in [5, 5.41) is 16.0. The number of rotatable bonds is 5. The van der Waals surface area contributed by atoms with Crippen LogP contribution in [0, 0.1) is 0 Å². The third-order valence-electron chi connectivity index (χ3n) is 6.43. The zero-order valence-corrected chi connectivity index (χ0v) is 20.8. The van der Waals surface area contributed by atoms with E-state index in [4.69, 9.17) is 10.5 Å².